The molecular formula is C22H25N3O2. The maximum atomic E-state index is 12.6. The number of ether oxygens (including phenoxy) is 1. The summed E-state index contributed by atoms with van der Waals surface area (Å²) in [7, 11) is 1.66. The van der Waals surface area contributed by atoms with Crippen molar-refractivity contribution in [3.05, 3.63) is 83.2 Å². The van der Waals surface area contributed by atoms with Crippen molar-refractivity contribution in [3.8, 4) is 5.75 Å². The van der Waals surface area contributed by atoms with E-state index >= 15 is 0 Å². The Labute approximate surface area is 160 Å². The summed E-state index contributed by atoms with van der Waals surface area (Å²) in [6.07, 6.45) is 3.14. The summed E-state index contributed by atoms with van der Waals surface area (Å²) in [6.45, 7) is 3.26. The summed E-state index contributed by atoms with van der Waals surface area (Å²) in [5, 5.41) is 7.44. The fraction of sp³-hybridized carbons (Fsp3) is 0.273. The van der Waals surface area contributed by atoms with Crippen LogP contribution in [0.1, 0.15) is 34.1 Å². The van der Waals surface area contributed by atoms with Crippen LogP contribution in [0, 0.1) is 0 Å². The van der Waals surface area contributed by atoms with Gasteiger partial charge in [0.25, 0.3) is 5.91 Å². The topological polar surface area (TPSA) is 56.1 Å². The Morgan fingerprint density at radius 2 is 1.85 bits per heavy atom. The molecule has 0 bridgehead atoms. The molecule has 140 valence electrons. The average molecular weight is 363 g/mol. The summed E-state index contributed by atoms with van der Waals surface area (Å²) in [5.74, 6) is 0.762. The van der Waals surface area contributed by atoms with Gasteiger partial charge in [0.05, 0.1) is 31.1 Å². The van der Waals surface area contributed by atoms with E-state index in [4.69, 9.17) is 4.74 Å². The molecule has 1 amide bonds. The van der Waals surface area contributed by atoms with Gasteiger partial charge in [0, 0.05) is 6.54 Å². The third kappa shape index (κ3) is 4.56. The van der Waals surface area contributed by atoms with Crippen LogP contribution in [-0.2, 0) is 19.4 Å². The first kappa shape index (κ1) is 18.7. The number of nitrogens with zero attached hydrogens (tertiary/aromatic N) is 2. The van der Waals surface area contributed by atoms with Gasteiger partial charge in [-0.05, 0) is 30.0 Å². The zero-order valence-corrected chi connectivity index (χ0v) is 15.8. The summed E-state index contributed by atoms with van der Waals surface area (Å²) >= 11 is 0. The third-order valence-corrected chi connectivity index (χ3v) is 4.58. The zero-order chi connectivity index (χ0) is 19.1. The molecule has 0 aliphatic rings. The number of carbonyl (C=O) groups excluding carboxylic acids is 1. The molecule has 1 aromatic heterocycles. The zero-order valence-electron chi connectivity index (χ0n) is 15.8. The number of para-hydroxylation sites is 1. The van der Waals surface area contributed by atoms with Gasteiger partial charge in [-0.2, -0.15) is 5.10 Å². The molecule has 2 aromatic carbocycles. The van der Waals surface area contributed by atoms with Crippen molar-refractivity contribution < 1.29 is 9.53 Å². The highest BCUT2D eigenvalue weighted by atomic mass is 16.5. The van der Waals surface area contributed by atoms with Crippen LogP contribution in [-0.4, -0.2) is 29.3 Å². The molecule has 3 aromatic rings. The second kappa shape index (κ2) is 9.03. The molecule has 0 saturated heterocycles. The number of rotatable bonds is 8. The van der Waals surface area contributed by atoms with E-state index in [2.05, 4.69) is 22.5 Å². The van der Waals surface area contributed by atoms with Crippen LogP contribution in [0.3, 0.4) is 0 Å². The predicted molar refractivity (Wildman–Crippen MR) is 106 cm³/mol. The Morgan fingerprint density at radius 1 is 1.11 bits per heavy atom. The average Bonchev–Trinajstić information content (AvgIpc) is 3.11. The third-order valence-electron chi connectivity index (χ3n) is 4.58. The van der Waals surface area contributed by atoms with E-state index < -0.39 is 0 Å². The van der Waals surface area contributed by atoms with Crippen molar-refractivity contribution in [2.75, 3.05) is 13.7 Å². The Bertz CT molecular complexity index is 888. The SMILES string of the molecule is CCc1c(C(=O)NCCc2ccccc2OC)cnn1Cc1ccccc1. The van der Waals surface area contributed by atoms with Gasteiger partial charge in [0.15, 0.2) is 0 Å². The summed E-state index contributed by atoms with van der Waals surface area (Å²) in [6, 6.07) is 18.0. The second-order valence-corrected chi connectivity index (χ2v) is 6.32. The standard InChI is InChI=1S/C22H25N3O2/c1-3-20-19(15-24-25(20)16-17-9-5-4-6-10-17)22(26)23-14-13-18-11-7-8-12-21(18)27-2/h4-12,15H,3,13-14,16H2,1-2H3,(H,23,26). The van der Waals surface area contributed by atoms with Crippen LogP contribution < -0.4 is 10.1 Å². The van der Waals surface area contributed by atoms with Gasteiger partial charge in [0.2, 0.25) is 0 Å². The number of hydrogen-bond donors (Lipinski definition) is 1. The quantitative estimate of drug-likeness (QED) is 0.667. The lowest BCUT2D eigenvalue weighted by molar-refractivity contribution is 0.0953. The number of hydrogen-bond acceptors (Lipinski definition) is 3. The highest BCUT2D eigenvalue weighted by Crippen LogP contribution is 2.17. The Morgan fingerprint density at radius 3 is 2.59 bits per heavy atom. The molecule has 27 heavy (non-hydrogen) atoms. The van der Waals surface area contributed by atoms with Crippen molar-refractivity contribution in [1.29, 1.82) is 0 Å². The van der Waals surface area contributed by atoms with E-state index in [9.17, 15) is 4.79 Å². The minimum Gasteiger partial charge on any atom is -0.496 e. The highest BCUT2D eigenvalue weighted by Gasteiger charge is 2.16. The molecule has 0 radical (unpaired) electrons. The van der Waals surface area contributed by atoms with Crippen molar-refractivity contribution in [1.82, 2.24) is 15.1 Å². The van der Waals surface area contributed by atoms with Crippen molar-refractivity contribution in [3.63, 3.8) is 0 Å². The van der Waals surface area contributed by atoms with Crippen LogP contribution in [0.4, 0.5) is 0 Å². The summed E-state index contributed by atoms with van der Waals surface area (Å²) in [5.41, 5.74) is 3.84. The summed E-state index contributed by atoms with van der Waals surface area (Å²) < 4.78 is 7.27. The largest absolute Gasteiger partial charge is 0.496 e. The fourth-order valence-corrected chi connectivity index (χ4v) is 3.18. The molecule has 0 spiro atoms. The number of nitrogens with one attached hydrogen (secondary N) is 1. The molecule has 5 heteroatoms. The Kier molecular flexibility index (Phi) is 6.26. The smallest absolute Gasteiger partial charge is 0.254 e. The van der Waals surface area contributed by atoms with E-state index in [1.165, 1.54) is 5.56 Å². The Hall–Kier alpha value is -3.08. The van der Waals surface area contributed by atoms with Gasteiger partial charge in [-0.1, -0.05) is 55.5 Å². The summed E-state index contributed by atoms with van der Waals surface area (Å²) in [4.78, 5) is 12.6. The van der Waals surface area contributed by atoms with Gasteiger partial charge in [-0.3, -0.25) is 9.48 Å². The molecule has 5 nitrogen and oxygen atoms in total. The number of benzene rings is 2. The van der Waals surface area contributed by atoms with Gasteiger partial charge in [-0.15, -0.1) is 0 Å². The lowest BCUT2D eigenvalue weighted by atomic mass is 10.1. The number of amides is 1. The van der Waals surface area contributed by atoms with Crippen molar-refractivity contribution >= 4 is 5.91 Å². The first-order valence-electron chi connectivity index (χ1n) is 9.21. The maximum absolute atomic E-state index is 12.6. The normalized spacial score (nSPS) is 10.6. The lowest BCUT2D eigenvalue weighted by Crippen LogP contribution is -2.26. The Balaban J connectivity index is 1.64. The maximum Gasteiger partial charge on any atom is 0.254 e. The number of carbonyl (C=O) groups is 1. The molecule has 0 fully saturated rings. The van der Waals surface area contributed by atoms with E-state index in [1.807, 2.05) is 54.1 Å². The molecule has 0 aliphatic heterocycles. The van der Waals surface area contributed by atoms with Crippen LogP contribution in [0.2, 0.25) is 0 Å². The van der Waals surface area contributed by atoms with Gasteiger partial charge in [0.1, 0.15) is 5.75 Å². The van der Waals surface area contributed by atoms with E-state index in [1.54, 1.807) is 13.3 Å². The molecule has 0 unspecified atom stereocenters. The van der Waals surface area contributed by atoms with Crippen LogP contribution in [0.15, 0.2) is 60.8 Å². The van der Waals surface area contributed by atoms with Crippen molar-refractivity contribution in [2.24, 2.45) is 0 Å². The van der Waals surface area contributed by atoms with Crippen molar-refractivity contribution in [2.45, 2.75) is 26.3 Å². The van der Waals surface area contributed by atoms with Crippen LogP contribution in [0.25, 0.3) is 0 Å². The monoisotopic (exact) mass is 363 g/mol. The molecule has 1 N–H and O–H groups in total. The van der Waals surface area contributed by atoms with E-state index in [0.29, 0.717) is 18.7 Å². The minimum atomic E-state index is -0.0824. The number of methoxy groups -OCH3 is 1. The minimum absolute atomic E-state index is 0.0824. The fourth-order valence-electron chi connectivity index (χ4n) is 3.18. The highest BCUT2D eigenvalue weighted by molar-refractivity contribution is 5.95. The van der Waals surface area contributed by atoms with E-state index in [-0.39, 0.29) is 5.91 Å². The molecule has 3 rings (SSSR count). The van der Waals surface area contributed by atoms with Crippen LogP contribution >= 0.6 is 0 Å². The molecule has 1 heterocycles. The predicted octanol–water partition coefficient (Wildman–Crippen LogP) is 3.47. The van der Waals surface area contributed by atoms with Gasteiger partial charge < -0.3 is 10.1 Å². The molecule has 0 atom stereocenters. The first-order chi connectivity index (χ1) is 13.2. The van der Waals surface area contributed by atoms with Gasteiger partial charge in [-0.25, -0.2) is 0 Å². The molecule has 0 aliphatic carbocycles. The van der Waals surface area contributed by atoms with Crippen LogP contribution in [0.5, 0.6) is 5.75 Å². The molecule has 0 saturated carbocycles. The second-order valence-electron chi connectivity index (χ2n) is 6.32. The van der Waals surface area contributed by atoms with Gasteiger partial charge >= 0.3 is 0 Å². The first-order valence-corrected chi connectivity index (χ1v) is 9.21. The lowest BCUT2D eigenvalue weighted by Gasteiger charge is -2.10. The molecular weight excluding hydrogens is 338 g/mol. The van der Waals surface area contributed by atoms with E-state index in [0.717, 1.165) is 29.8 Å². The number of aromatic nitrogens is 2.